The predicted octanol–water partition coefficient (Wildman–Crippen LogP) is 4.70. The van der Waals surface area contributed by atoms with Gasteiger partial charge in [0.15, 0.2) is 0 Å². The molecule has 22 heavy (non-hydrogen) atoms. The van der Waals surface area contributed by atoms with E-state index in [2.05, 4.69) is 36.4 Å². The number of hydrogen-bond donors (Lipinski definition) is 2. The highest BCUT2D eigenvalue weighted by Gasteiger charge is 2.21. The van der Waals surface area contributed by atoms with Gasteiger partial charge in [-0.2, -0.15) is 0 Å². The van der Waals surface area contributed by atoms with Crippen molar-refractivity contribution in [2.24, 2.45) is 4.99 Å². The molecule has 1 aliphatic heterocycles. The molecular formula is C19H27N3. The Hall–Kier alpha value is -1.77. The standard InChI is InChI=1S/C19H27N3/c1-3-16-14(2)18(22-19(16)17-11-8-12-20-17)13-21-15-9-6-4-5-7-10-15/h8,11-13,15,20-21H,3-7,9-10H2,1-2H3. The van der Waals surface area contributed by atoms with Gasteiger partial charge in [0.25, 0.3) is 0 Å². The highest BCUT2D eigenvalue weighted by Crippen LogP contribution is 2.29. The fourth-order valence-corrected chi connectivity index (χ4v) is 3.52. The van der Waals surface area contributed by atoms with E-state index in [-0.39, 0.29) is 0 Å². The molecule has 0 radical (unpaired) electrons. The summed E-state index contributed by atoms with van der Waals surface area (Å²) in [6.45, 7) is 4.40. The molecule has 1 fully saturated rings. The van der Waals surface area contributed by atoms with E-state index in [1.807, 2.05) is 12.3 Å². The van der Waals surface area contributed by atoms with Crippen LogP contribution in [-0.2, 0) is 0 Å². The van der Waals surface area contributed by atoms with Crippen molar-refractivity contribution < 1.29 is 0 Å². The number of H-pyrrole nitrogens is 1. The molecule has 1 aliphatic carbocycles. The van der Waals surface area contributed by atoms with Crippen molar-refractivity contribution in [3.63, 3.8) is 0 Å². The van der Waals surface area contributed by atoms with Gasteiger partial charge < -0.3 is 10.3 Å². The molecule has 0 saturated heterocycles. The van der Waals surface area contributed by atoms with Crippen LogP contribution < -0.4 is 5.32 Å². The second-order valence-electron chi connectivity index (χ2n) is 6.39. The molecule has 3 nitrogen and oxygen atoms in total. The Labute approximate surface area is 133 Å². The number of allylic oxidation sites excluding steroid dienone is 2. The number of aromatic nitrogens is 1. The third-order valence-electron chi connectivity index (χ3n) is 4.87. The Bertz CT molecular complexity index is 582. The number of aromatic amines is 1. The van der Waals surface area contributed by atoms with Crippen LogP contribution in [0.3, 0.4) is 0 Å². The van der Waals surface area contributed by atoms with E-state index >= 15 is 0 Å². The maximum Gasteiger partial charge on any atom is 0.0907 e. The average Bonchev–Trinajstić information content (AvgIpc) is 3.07. The van der Waals surface area contributed by atoms with E-state index < -0.39 is 0 Å². The van der Waals surface area contributed by atoms with Gasteiger partial charge in [0.2, 0.25) is 0 Å². The van der Waals surface area contributed by atoms with E-state index in [1.165, 1.54) is 49.7 Å². The van der Waals surface area contributed by atoms with Crippen molar-refractivity contribution in [2.75, 3.05) is 0 Å². The number of aliphatic imine (C=N–C) groups is 1. The molecule has 3 rings (SSSR count). The van der Waals surface area contributed by atoms with Gasteiger partial charge >= 0.3 is 0 Å². The molecule has 2 N–H and O–H groups in total. The number of rotatable bonds is 4. The molecule has 118 valence electrons. The summed E-state index contributed by atoms with van der Waals surface area (Å²) in [7, 11) is 0. The SMILES string of the molecule is CCC1=C(C)C(=CNC2CCCCCC2)N=C1c1ccc[nH]1. The quantitative estimate of drug-likeness (QED) is 0.777. The molecule has 1 aromatic rings. The first-order valence-corrected chi connectivity index (χ1v) is 8.68. The summed E-state index contributed by atoms with van der Waals surface area (Å²) >= 11 is 0. The van der Waals surface area contributed by atoms with Gasteiger partial charge in [-0.25, -0.2) is 4.99 Å². The molecule has 0 aromatic carbocycles. The van der Waals surface area contributed by atoms with Gasteiger partial charge in [-0.15, -0.1) is 0 Å². The summed E-state index contributed by atoms with van der Waals surface area (Å²) in [5.74, 6) is 0. The van der Waals surface area contributed by atoms with Crippen molar-refractivity contribution in [1.29, 1.82) is 0 Å². The Balaban J connectivity index is 1.78. The Morgan fingerprint density at radius 3 is 2.68 bits per heavy atom. The van der Waals surface area contributed by atoms with E-state index in [1.54, 1.807) is 0 Å². The lowest BCUT2D eigenvalue weighted by atomic mass is 10.0. The van der Waals surface area contributed by atoms with E-state index in [4.69, 9.17) is 4.99 Å². The summed E-state index contributed by atoms with van der Waals surface area (Å²) in [5.41, 5.74) is 6.00. The van der Waals surface area contributed by atoms with Gasteiger partial charge in [-0.05, 0) is 49.5 Å². The molecule has 3 heteroatoms. The Kier molecular flexibility index (Phi) is 4.81. The highest BCUT2D eigenvalue weighted by atomic mass is 14.9. The summed E-state index contributed by atoms with van der Waals surface area (Å²) in [6, 6.07) is 4.76. The lowest BCUT2D eigenvalue weighted by molar-refractivity contribution is 0.515. The summed E-state index contributed by atoms with van der Waals surface area (Å²) < 4.78 is 0. The molecular weight excluding hydrogens is 270 g/mol. The number of nitrogens with one attached hydrogen (secondary N) is 2. The second-order valence-corrected chi connectivity index (χ2v) is 6.39. The van der Waals surface area contributed by atoms with E-state index in [0.717, 1.165) is 23.5 Å². The Morgan fingerprint density at radius 1 is 1.27 bits per heavy atom. The van der Waals surface area contributed by atoms with Crippen LogP contribution >= 0.6 is 0 Å². The van der Waals surface area contributed by atoms with Crippen molar-refractivity contribution in [3.8, 4) is 0 Å². The monoisotopic (exact) mass is 297 g/mol. The molecule has 1 saturated carbocycles. The van der Waals surface area contributed by atoms with Crippen molar-refractivity contribution in [2.45, 2.75) is 64.8 Å². The van der Waals surface area contributed by atoms with E-state index in [9.17, 15) is 0 Å². The van der Waals surface area contributed by atoms with Crippen LogP contribution in [0.25, 0.3) is 0 Å². The predicted molar refractivity (Wildman–Crippen MR) is 93.0 cm³/mol. The second kappa shape index (κ2) is 6.99. The molecule has 2 aliphatic rings. The lowest BCUT2D eigenvalue weighted by Crippen LogP contribution is -2.23. The zero-order valence-corrected chi connectivity index (χ0v) is 13.8. The fraction of sp³-hybridized carbons (Fsp3) is 0.526. The summed E-state index contributed by atoms with van der Waals surface area (Å²) in [6.07, 6.45) is 13.2. The van der Waals surface area contributed by atoms with Crippen molar-refractivity contribution >= 4 is 5.71 Å². The topological polar surface area (TPSA) is 40.2 Å². The molecule has 0 amide bonds. The number of nitrogens with zero attached hydrogens (tertiary/aromatic N) is 1. The average molecular weight is 297 g/mol. The Morgan fingerprint density at radius 2 is 2.05 bits per heavy atom. The van der Waals surface area contributed by atoms with Gasteiger partial charge in [-0.3, -0.25) is 0 Å². The summed E-state index contributed by atoms with van der Waals surface area (Å²) in [4.78, 5) is 8.17. The fourth-order valence-electron chi connectivity index (χ4n) is 3.52. The third kappa shape index (κ3) is 3.18. The van der Waals surface area contributed by atoms with Crippen molar-refractivity contribution in [1.82, 2.24) is 10.3 Å². The minimum Gasteiger partial charge on any atom is -0.386 e. The zero-order valence-electron chi connectivity index (χ0n) is 13.8. The minimum atomic E-state index is 0.623. The van der Waals surface area contributed by atoms with Crippen LogP contribution in [0.4, 0.5) is 0 Å². The van der Waals surface area contributed by atoms with Crippen LogP contribution in [-0.4, -0.2) is 16.7 Å². The van der Waals surface area contributed by atoms with Gasteiger partial charge in [-0.1, -0.05) is 32.6 Å². The van der Waals surface area contributed by atoms with Gasteiger partial charge in [0, 0.05) is 18.4 Å². The molecule has 0 atom stereocenters. The smallest absolute Gasteiger partial charge is 0.0907 e. The number of hydrogen-bond acceptors (Lipinski definition) is 2. The molecule has 0 bridgehead atoms. The largest absolute Gasteiger partial charge is 0.386 e. The highest BCUT2D eigenvalue weighted by molar-refractivity contribution is 6.14. The minimum absolute atomic E-state index is 0.623. The van der Waals surface area contributed by atoms with Crippen LogP contribution in [0.1, 0.15) is 64.5 Å². The lowest BCUT2D eigenvalue weighted by Gasteiger charge is -2.14. The molecule has 2 heterocycles. The third-order valence-corrected chi connectivity index (χ3v) is 4.87. The maximum absolute atomic E-state index is 4.88. The van der Waals surface area contributed by atoms with Crippen LogP contribution in [0, 0.1) is 0 Å². The van der Waals surface area contributed by atoms with Crippen LogP contribution in [0.5, 0.6) is 0 Å². The van der Waals surface area contributed by atoms with Crippen LogP contribution in [0.15, 0.2) is 46.4 Å². The molecule has 1 aromatic heterocycles. The first-order valence-electron chi connectivity index (χ1n) is 8.68. The van der Waals surface area contributed by atoms with Gasteiger partial charge in [0.1, 0.15) is 0 Å². The molecule has 0 spiro atoms. The maximum atomic E-state index is 4.88. The molecule has 0 unspecified atom stereocenters. The van der Waals surface area contributed by atoms with Crippen molar-refractivity contribution in [3.05, 3.63) is 47.1 Å². The zero-order chi connectivity index (χ0) is 15.4. The first kappa shape index (κ1) is 15.1. The van der Waals surface area contributed by atoms with Gasteiger partial charge in [0.05, 0.1) is 17.1 Å². The van der Waals surface area contributed by atoms with E-state index in [0.29, 0.717) is 6.04 Å². The normalized spacial score (nSPS) is 22.1. The summed E-state index contributed by atoms with van der Waals surface area (Å²) in [5, 5.41) is 3.63. The van der Waals surface area contributed by atoms with Crippen LogP contribution in [0.2, 0.25) is 0 Å². The first-order chi connectivity index (χ1) is 10.8.